The number of alkyl halides is 2. The standard InChI is InChI=1S/C11H13Cl2NO4S/c1-10(8(12)13)6-2-3-11(10,7(15)4-6)5-19(16,17)9-14-18-9/h6,8H,2-5H2,1H3/t6-,10-,11-/m0/s1. The van der Waals surface area contributed by atoms with Crippen LogP contribution >= 0.6 is 23.2 Å². The number of sulfone groups is 1. The number of oxime groups is 1. The number of ketones is 1. The summed E-state index contributed by atoms with van der Waals surface area (Å²) in [5.41, 5.74) is -1.70. The normalized spacial score (nSPS) is 40.5. The van der Waals surface area contributed by atoms with E-state index in [2.05, 4.69) is 9.99 Å². The second kappa shape index (κ2) is 3.86. The highest BCUT2D eigenvalue weighted by Gasteiger charge is 2.70. The summed E-state index contributed by atoms with van der Waals surface area (Å²) in [7, 11) is -3.66. The zero-order valence-corrected chi connectivity index (χ0v) is 12.6. The van der Waals surface area contributed by atoms with Gasteiger partial charge in [-0.25, -0.2) is 8.42 Å². The van der Waals surface area contributed by atoms with Crippen molar-refractivity contribution in [1.82, 2.24) is 0 Å². The van der Waals surface area contributed by atoms with Gasteiger partial charge in [-0.2, -0.15) is 0 Å². The van der Waals surface area contributed by atoms with Crippen LogP contribution in [0, 0.1) is 16.7 Å². The van der Waals surface area contributed by atoms with Gasteiger partial charge in [-0.1, -0.05) is 6.92 Å². The summed E-state index contributed by atoms with van der Waals surface area (Å²) in [5, 5.41) is 2.98. The molecule has 0 N–H and O–H groups in total. The number of fused-ring (bicyclic) bond motifs is 2. The molecule has 0 aromatic rings. The number of hydrogen-bond acceptors (Lipinski definition) is 5. The smallest absolute Gasteiger partial charge is 0.316 e. The predicted molar refractivity (Wildman–Crippen MR) is 70.7 cm³/mol. The van der Waals surface area contributed by atoms with Gasteiger partial charge in [0.15, 0.2) is 0 Å². The number of Topliss-reactive ketones (excluding diaryl/α,β-unsaturated/α-hetero) is 1. The van der Waals surface area contributed by atoms with Gasteiger partial charge in [0.25, 0.3) is 0 Å². The molecule has 0 spiro atoms. The molecule has 3 rings (SSSR count). The number of halogens is 2. The molecule has 19 heavy (non-hydrogen) atoms. The van der Waals surface area contributed by atoms with Gasteiger partial charge in [-0.05, 0) is 23.9 Å². The van der Waals surface area contributed by atoms with Crippen LogP contribution in [0.15, 0.2) is 5.16 Å². The van der Waals surface area contributed by atoms with Crippen LogP contribution < -0.4 is 0 Å². The Kier molecular flexibility index (Phi) is 2.77. The molecule has 2 saturated carbocycles. The monoisotopic (exact) mass is 325 g/mol. The van der Waals surface area contributed by atoms with E-state index >= 15 is 0 Å². The molecule has 2 aliphatic carbocycles. The number of carbonyl (C=O) groups excluding carboxylic acids is 1. The van der Waals surface area contributed by atoms with E-state index in [0.717, 1.165) is 6.42 Å². The molecular formula is C11H13Cl2NO4S. The Bertz CT molecular complexity index is 588. The van der Waals surface area contributed by atoms with Crippen molar-refractivity contribution < 1.29 is 18.0 Å². The SMILES string of the molecule is C[C@@]1(C(Cl)Cl)[C@H]2CC[C@]1(CS(=O)(=O)C1=NO1)C(=O)C2. The number of carbonyl (C=O) groups is 1. The fraction of sp³-hybridized carbons (Fsp3) is 0.818. The van der Waals surface area contributed by atoms with Gasteiger partial charge in [-0.3, -0.25) is 4.79 Å². The minimum atomic E-state index is -3.66. The summed E-state index contributed by atoms with van der Waals surface area (Å²) in [5.74, 6) is -0.305. The Balaban J connectivity index is 2.04. The Morgan fingerprint density at radius 2 is 2.16 bits per heavy atom. The van der Waals surface area contributed by atoms with E-state index in [4.69, 9.17) is 23.2 Å². The molecule has 0 aromatic carbocycles. The third-order valence-electron chi connectivity index (χ3n) is 5.09. The third-order valence-corrected chi connectivity index (χ3v) is 7.55. The lowest BCUT2D eigenvalue weighted by Gasteiger charge is -2.39. The molecule has 2 fully saturated rings. The van der Waals surface area contributed by atoms with E-state index in [0.29, 0.717) is 12.8 Å². The summed E-state index contributed by atoms with van der Waals surface area (Å²) in [6.07, 6.45) is 1.64. The maximum absolute atomic E-state index is 12.3. The van der Waals surface area contributed by atoms with Crippen molar-refractivity contribution in [1.29, 1.82) is 0 Å². The molecule has 0 radical (unpaired) electrons. The molecule has 8 heteroatoms. The zero-order chi connectivity index (χ0) is 14.1. The Morgan fingerprint density at radius 3 is 2.63 bits per heavy atom. The molecule has 0 unspecified atom stereocenters. The van der Waals surface area contributed by atoms with Gasteiger partial charge >= 0.3 is 5.23 Å². The van der Waals surface area contributed by atoms with E-state index in [1.54, 1.807) is 0 Å². The van der Waals surface area contributed by atoms with Gasteiger partial charge in [0, 0.05) is 11.8 Å². The van der Waals surface area contributed by atoms with Crippen LogP contribution in [0.25, 0.3) is 0 Å². The lowest BCUT2D eigenvalue weighted by Crippen LogP contribution is -2.47. The van der Waals surface area contributed by atoms with Crippen LogP contribution in [0.3, 0.4) is 0 Å². The first-order chi connectivity index (χ1) is 8.74. The van der Waals surface area contributed by atoms with Crippen LogP contribution in [0.4, 0.5) is 0 Å². The highest BCUT2D eigenvalue weighted by molar-refractivity contribution is 8.06. The molecule has 5 nitrogen and oxygen atoms in total. The van der Waals surface area contributed by atoms with Gasteiger partial charge < -0.3 is 4.84 Å². The second-order valence-electron chi connectivity index (χ2n) is 5.74. The summed E-state index contributed by atoms with van der Waals surface area (Å²) in [4.78, 5) is 16.0. The molecule has 1 heterocycles. The lowest BCUT2D eigenvalue weighted by molar-refractivity contribution is -0.128. The van der Waals surface area contributed by atoms with Crippen molar-refractivity contribution in [3.63, 3.8) is 0 Å². The van der Waals surface area contributed by atoms with Gasteiger partial charge in [0.1, 0.15) is 10.6 Å². The Morgan fingerprint density at radius 1 is 1.53 bits per heavy atom. The van der Waals surface area contributed by atoms with Crippen molar-refractivity contribution in [2.45, 2.75) is 31.0 Å². The molecule has 3 aliphatic rings. The first kappa shape index (κ1) is 13.6. The molecule has 0 aromatic heterocycles. The first-order valence-electron chi connectivity index (χ1n) is 6.03. The van der Waals surface area contributed by atoms with Crippen LogP contribution in [0.1, 0.15) is 26.2 Å². The summed E-state index contributed by atoms with van der Waals surface area (Å²) >= 11 is 12.2. The van der Waals surface area contributed by atoms with Crippen molar-refractivity contribution in [2.24, 2.45) is 21.9 Å². The number of nitrogens with zero attached hydrogens (tertiary/aromatic N) is 1. The number of rotatable bonds is 3. The first-order valence-corrected chi connectivity index (χ1v) is 8.56. The van der Waals surface area contributed by atoms with Crippen molar-refractivity contribution in [3.8, 4) is 0 Å². The predicted octanol–water partition coefficient (Wildman–Crippen LogP) is 1.88. The number of hydrogen-bond donors (Lipinski definition) is 0. The van der Waals surface area contributed by atoms with Gasteiger partial charge in [0.05, 0.1) is 11.2 Å². The van der Waals surface area contributed by atoms with Crippen molar-refractivity contribution in [3.05, 3.63) is 0 Å². The molecule has 106 valence electrons. The van der Waals surface area contributed by atoms with Crippen molar-refractivity contribution >= 4 is 44.1 Å². The largest absolute Gasteiger partial charge is 0.374 e. The maximum atomic E-state index is 12.3. The molecule has 0 amide bonds. The zero-order valence-electron chi connectivity index (χ0n) is 10.2. The maximum Gasteiger partial charge on any atom is 0.374 e. The minimum Gasteiger partial charge on any atom is -0.316 e. The Hall–Kier alpha value is -0.330. The molecule has 0 saturated heterocycles. The lowest BCUT2D eigenvalue weighted by atomic mass is 9.70. The summed E-state index contributed by atoms with van der Waals surface area (Å²) < 4.78 is 24.2. The molecule has 2 bridgehead atoms. The quantitative estimate of drug-likeness (QED) is 0.742. The average molecular weight is 326 g/mol. The van der Waals surface area contributed by atoms with Crippen LogP contribution in [0.5, 0.6) is 0 Å². The van der Waals surface area contributed by atoms with Crippen molar-refractivity contribution in [2.75, 3.05) is 5.75 Å². The highest BCUT2D eigenvalue weighted by Crippen LogP contribution is 2.67. The van der Waals surface area contributed by atoms with Gasteiger partial charge in [0.2, 0.25) is 9.84 Å². The third kappa shape index (κ3) is 1.63. The van der Waals surface area contributed by atoms with Crippen LogP contribution in [0.2, 0.25) is 0 Å². The van der Waals surface area contributed by atoms with Crippen LogP contribution in [-0.2, 0) is 19.5 Å². The van der Waals surface area contributed by atoms with E-state index in [-0.39, 0.29) is 22.7 Å². The van der Waals surface area contributed by atoms with E-state index in [1.807, 2.05) is 6.92 Å². The fourth-order valence-electron chi connectivity index (χ4n) is 3.77. The molecule has 1 aliphatic heterocycles. The minimum absolute atomic E-state index is 0.0530. The topological polar surface area (TPSA) is 76.1 Å². The molecule has 3 atom stereocenters. The summed E-state index contributed by atoms with van der Waals surface area (Å²) in [6, 6.07) is 0. The average Bonchev–Trinajstić information content (AvgIpc) is 3.09. The Labute approximate surface area is 121 Å². The molecular weight excluding hydrogens is 313 g/mol. The van der Waals surface area contributed by atoms with Crippen LogP contribution in [-0.4, -0.2) is 30.0 Å². The highest BCUT2D eigenvalue weighted by atomic mass is 35.5. The summed E-state index contributed by atoms with van der Waals surface area (Å²) in [6.45, 7) is 1.82. The van der Waals surface area contributed by atoms with E-state index in [1.165, 1.54) is 0 Å². The fourth-order valence-corrected chi connectivity index (χ4v) is 6.19. The van der Waals surface area contributed by atoms with E-state index < -0.39 is 25.5 Å². The van der Waals surface area contributed by atoms with Gasteiger partial charge in [-0.15, -0.1) is 23.2 Å². The second-order valence-corrected chi connectivity index (χ2v) is 8.70. The van der Waals surface area contributed by atoms with E-state index in [9.17, 15) is 13.2 Å².